The standard InChI is InChI=1S/C12H12F3NOS/c1-11(2)6-18-8-5-3-4-7(12(13,14)15)9(8)16-10(11)17/h3-5H,6H2,1-2H3,(H,16,17). The third-order valence-corrected chi connectivity index (χ3v) is 4.29. The molecule has 0 spiro atoms. The number of hydrogen-bond donors (Lipinski definition) is 1. The van der Waals surface area contributed by atoms with Crippen LogP contribution in [0.15, 0.2) is 23.1 Å². The number of benzene rings is 1. The lowest BCUT2D eigenvalue weighted by Crippen LogP contribution is -2.32. The fourth-order valence-electron chi connectivity index (χ4n) is 1.62. The Morgan fingerprint density at radius 1 is 1.33 bits per heavy atom. The average molecular weight is 275 g/mol. The molecule has 1 heterocycles. The number of nitrogens with one attached hydrogen (secondary N) is 1. The summed E-state index contributed by atoms with van der Waals surface area (Å²) in [7, 11) is 0. The molecule has 1 amide bonds. The maximum absolute atomic E-state index is 12.9. The van der Waals surface area contributed by atoms with Gasteiger partial charge >= 0.3 is 6.18 Å². The number of amides is 1. The van der Waals surface area contributed by atoms with Gasteiger partial charge in [0.2, 0.25) is 5.91 Å². The van der Waals surface area contributed by atoms with Gasteiger partial charge in [-0.25, -0.2) is 0 Å². The minimum Gasteiger partial charge on any atom is -0.324 e. The summed E-state index contributed by atoms with van der Waals surface area (Å²) in [4.78, 5) is 12.3. The Balaban J connectivity index is 2.53. The van der Waals surface area contributed by atoms with Crippen molar-refractivity contribution in [2.75, 3.05) is 11.1 Å². The first-order chi connectivity index (χ1) is 8.22. The Kier molecular flexibility index (Phi) is 3.09. The second-order valence-electron chi connectivity index (χ2n) is 4.80. The highest BCUT2D eigenvalue weighted by Gasteiger charge is 2.38. The number of fused-ring (bicyclic) bond motifs is 1. The fourth-order valence-corrected chi connectivity index (χ4v) is 2.75. The summed E-state index contributed by atoms with van der Waals surface area (Å²) in [5.41, 5.74) is -1.60. The minimum atomic E-state index is -4.46. The van der Waals surface area contributed by atoms with Gasteiger partial charge < -0.3 is 5.32 Å². The van der Waals surface area contributed by atoms with Crippen LogP contribution in [0.25, 0.3) is 0 Å². The van der Waals surface area contributed by atoms with Gasteiger partial charge in [-0.3, -0.25) is 4.79 Å². The van der Waals surface area contributed by atoms with Crippen LogP contribution in [0.4, 0.5) is 18.9 Å². The molecule has 18 heavy (non-hydrogen) atoms. The molecule has 0 fully saturated rings. The summed E-state index contributed by atoms with van der Waals surface area (Å²) < 4.78 is 38.6. The smallest absolute Gasteiger partial charge is 0.324 e. The van der Waals surface area contributed by atoms with Crippen LogP contribution in [0.1, 0.15) is 19.4 Å². The number of thioether (sulfide) groups is 1. The molecule has 0 aliphatic carbocycles. The molecular weight excluding hydrogens is 263 g/mol. The van der Waals surface area contributed by atoms with Crippen molar-refractivity contribution in [2.24, 2.45) is 5.41 Å². The van der Waals surface area contributed by atoms with E-state index >= 15 is 0 Å². The van der Waals surface area contributed by atoms with Crippen molar-refractivity contribution in [2.45, 2.75) is 24.9 Å². The van der Waals surface area contributed by atoms with E-state index in [1.54, 1.807) is 19.9 Å². The van der Waals surface area contributed by atoms with Crippen molar-refractivity contribution in [3.63, 3.8) is 0 Å². The zero-order valence-electron chi connectivity index (χ0n) is 9.89. The second kappa shape index (κ2) is 4.19. The van der Waals surface area contributed by atoms with Crippen LogP contribution in [-0.2, 0) is 11.0 Å². The molecule has 0 aromatic heterocycles. The molecule has 1 aromatic carbocycles. The minimum absolute atomic E-state index is 0.120. The summed E-state index contributed by atoms with van der Waals surface area (Å²) in [6.07, 6.45) is -4.46. The van der Waals surface area contributed by atoms with Crippen LogP contribution >= 0.6 is 11.8 Å². The van der Waals surface area contributed by atoms with Gasteiger partial charge in [0.05, 0.1) is 16.7 Å². The second-order valence-corrected chi connectivity index (χ2v) is 5.82. The normalized spacial score (nSPS) is 18.8. The first-order valence-corrected chi connectivity index (χ1v) is 6.35. The van der Waals surface area contributed by atoms with E-state index in [-0.39, 0.29) is 11.6 Å². The van der Waals surface area contributed by atoms with E-state index in [0.29, 0.717) is 10.6 Å². The summed E-state index contributed by atoms with van der Waals surface area (Å²) in [6, 6.07) is 3.94. The number of para-hydroxylation sites is 1. The zero-order chi connectivity index (χ0) is 13.6. The predicted octanol–water partition coefficient (Wildman–Crippen LogP) is 3.78. The van der Waals surface area contributed by atoms with Crippen LogP contribution in [0.2, 0.25) is 0 Å². The molecule has 1 aliphatic rings. The van der Waals surface area contributed by atoms with E-state index in [1.807, 2.05) is 0 Å². The monoisotopic (exact) mass is 275 g/mol. The van der Waals surface area contributed by atoms with Gasteiger partial charge in [-0.1, -0.05) is 19.9 Å². The Bertz CT molecular complexity index is 497. The van der Waals surface area contributed by atoms with Crippen LogP contribution in [0.5, 0.6) is 0 Å². The van der Waals surface area contributed by atoms with E-state index in [4.69, 9.17) is 0 Å². The van der Waals surface area contributed by atoms with Gasteiger partial charge in [-0.2, -0.15) is 13.2 Å². The number of carbonyl (C=O) groups excluding carboxylic acids is 1. The molecule has 0 saturated carbocycles. The lowest BCUT2D eigenvalue weighted by Gasteiger charge is -2.19. The maximum atomic E-state index is 12.9. The van der Waals surface area contributed by atoms with Gasteiger partial charge in [0, 0.05) is 10.6 Å². The molecule has 1 aliphatic heterocycles. The highest BCUT2D eigenvalue weighted by molar-refractivity contribution is 7.99. The lowest BCUT2D eigenvalue weighted by molar-refractivity contribution is -0.137. The molecule has 98 valence electrons. The van der Waals surface area contributed by atoms with E-state index in [0.717, 1.165) is 6.07 Å². The predicted molar refractivity (Wildman–Crippen MR) is 64.6 cm³/mol. The van der Waals surface area contributed by atoms with Crippen molar-refractivity contribution in [3.05, 3.63) is 23.8 Å². The van der Waals surface area contributed by atoms with Crippen molar-refractivity contribution < 1.29 is 18.0 Å². The Morgan fingerprint density at radius 3 is 2.61 bits per heavy atom. The van der Waals surface area contributed by atoms with Crippen LogP contribution in [0.3, 0.4) is 0 Å². The molecule has 2 rings (SSSR count). The lowest BCUT2D eigenvalue weighted by atomic mass is 9.95. The van der Waals surface area contributed by atoms with E-state index in [1.165, 1.54) is 17.8 Å². The van der Waals surface area contributed by atoms with Gasteiger partial charge in [0.1, 0.15) is 0 Å². The van der Waals surface area contributed by atoms with Crippen LogP contribution in [0, 0.1) is 5.41 Å². The molecule has 1 aromatic rings. The fraction of sp³-hybridized carbons (Fsp3) is 0.417. The zero-order valence-corrected chi connectivity index (χ0v) is 10.7. The van der Waals surface area contributed by atoms with Crippen LogP contribution < -0.4 is 5.32 Å². The summed E-state index contributed by atoms with van der Waals surface area (Å²) in [5, 5.41) is 2.41. The molecule has 1 N–H and O–H groups in total. The van der Waals surface area contributed by atoms with Gasteiger partial charge in [0.25, 0.3) is 0 Å². The third kappa shape index (κ3) is 2.34. The van der Waals surface area contributed by atoms with Crippen molar-refractivity contribution in [1.82, 2.24) is 0 Å². The molecule has 0 atom stereocenters. The number of halogens is 3. The summed E-state index contributed by atoms with van der Waals surface area (Å²) in [5.74, 6) is 0.0677. The number of alkyl halides is 3. The number of carbonyl (C=O) groups is 1. The molecule has 0 bridgehead atoms. The molecule has 0 unspecified atom stereocenters. The van der Waals surface area contributed by atoms with E-state index in [2.05, 4.69) is 5.32 Å². The SMILES string of the molecule is CC1(C)CSc2cccc(C(F)(F)F)c2NC1=O. The van der Waals surface area contributed by atoms with Gasteiger partial charge in [-0.05, 0) is 12.1 Å². The number of anilines is 1. The Hall–Kier alpha value is -1.17. The average Bonchev–Trinajstić information content (AvgIpc) is 2.35. The van der Waals surface area contributed by atoms with Crippen molar-refractivity contribution in [3.8, 4) is 0 Å². The summed E-state index contributed by atoms with van der Waals surface area (Å²) >= 11 is 1.27. The van der Waals surface area contributed by atoms with E-state index < -0.39 is 17.2 Å². The quantitative estimate of drug-likeness (QED) is 0.780. The first-order valence-electron chi connectivity index (χ1n) is 5.36. The van der Waals surface area contributed by atoms with Crippen molar-refractivity contribution >= 4 is 23.4 Å². The molecular formula is C12H12F3NOS. The topological polar surface area (TPSA) is 29.1 Å². The highest BCUT2D eigenvalue weighted by atomic mass is 32.2. The summed E-state index contributed by atoms with van der Waals surface area (Å²) in [6.45, 7) is 3.43. The van der Waals surface area contributed by atoms with Crippen LogP contribution in [-0.4, -0.2) is 11.7 Å². The Morgan fingerprint density at radius 2 is 2.00 bits per heavy atom. The molecule has 6 heteroatoms. The molecule has 2 nitrogen and oxygen atoms in total. The Labute approximate surface area is 107 Å². The highest BCUT2D eigenvalue weighted by Crippen LogP contribution is 2.43. The number of hydrogen-bond acceptors (Lipinski definition) is 2. The van der Waals surface area contributed by atoms with Crippen molar-refractivity contribution in [1.29, 1.82) is 0 Å². The number of rotatable bonds is 0. The largest absolute Gasteiger partial charge is 0.418 e. The molecule has 0 radical (unpaired) electrons. The first kappa shape index (κ1) is 13.3. The third-order valence-electron chi connectivity index (χ3n) is 2.77. The van der Waals surface area contributed by atoms with E-state index in [9.17, 15) is 18.0 Å². The van der Waals surface area contributed by atoms with Gasteiger partial charge in [-0.15, -0.1) is 11.8 Å². The van der Waals surface area contributed by atoms with Gasteiger partial charge in [0.15, 0.2) is 0 Å². The maximum Gasteiger partial charge on any atom is 0.418 e. The molecule has 0 saturated heterocycles.